The van der Waals surface area contributed by atoms with E-state index in [4.69, 9.17) is 6.42 Å². The third kappa shape index (κ3) is 4.41. The summed E-state index contributed by atoms with van der Waals surface area (Å²) in [4.78, 5) is -0.345. The molecule has 0 radical (unpaired) electrons. The lowest BCUT2D eigenvalue weighted by Crippen LogP contribution is -2.25. The first-order chi connectivity index (χ1) is 8.47. The number of nitrogens with one attached hydrogen (secondary N) is 1. The van der Waals surface area contributed by atoms with Crippen molar-refractivity contribution < 1.29 is 12.8 Å². The lowest BCUT2D eigenvalue weighted by atomic mass is 10.2. The maximum Gasteiger partial charge on any atom is 0.243 e. The van der Waals surface area contributed by atoms with Crippen molar-refractivity contribution >= 4 is 26.0 Å². The number of rotatable bonds is 6. The fourth-order valence-electron chi connectivity index (χ4n) is 1.33. The molecule has 0 heterocycles. The molecule has 3 nitrogen and oxygen atoms in total. The van der Waals surface area contributed by atoms with E-state index in [2.05, 4.69) is 26.6 Å². The maximum absolute atomic E-state index is 13.5. The van der Waals surface area contributed by atoms with Crippen LogP contribution in [0.25, 0.3) is 0 Å². The summed E-state index contributed by atoms with van der Waals surface area (Å²) in [7, 11) is -3.79. The Morgan fingerprint density at radius 3 is 2.72 bits per heavy atom. The largest absolute Gasteiger partial charge is 0.243 e. The standard InChI is InChI=1S/C12H13BrFNO2S/c1-2-3-4-5-8-15-18(16,17)12-7-6-10(13)9-11(12)14/h1,6-7,9,15H,3-5,8H2. The van der Waals surface area contributed by atoms with Gasteiger partial charge in [-0.25, -0.2) is 17.5 Å². The van der Waals surface area contributed by atoms with Gasteiger partial charge in [0.25, 0.3) is 0 Å². The van der Waals surface area contributed by atoms with Gasteiger partial charge < -0.3 is 0 Å². The molecule has 0 aliphatic rings. The van der Waals surface area contributed by atoms with Crippen molar-refractivity contribution in [3.8, 4) is 12.3 Å². The van der Waals surface area contributed by atoms with Crippen molar-refractivity contribution in [3.63, 3.8) is 0 Å². The summed E-state index contributed by atoms with van der Waals surface area (Å²) in [5.74, 6) is 1.69. The number of hydrogen-bond donors (Lipinski definition) is 1. The maximum atomic E-state index is 13.5. The van der Waals surface area contributed by atoms with Crippen molar-refractivity contribution in [2.45, 2.75) is 24.2 Å². The zero-order valence-corrected chi connectivity index (χ0v) is 12.0. The molecule has 0 spiro atoms. The van der Waals surface area contributed by atoms with E-state index in [1.54, 1.807) is 0 Å². The van der Waals surface area contributed by atoms with Crippen molar-refractivity contribution in [1.82, 2.24) is 4.72 Å². The summed E-state index contributed by atoms with van der Waals surface area (Å²) in [6.45, 7) is 0.250. The van der Waals surface area contributed by atoms with Crippen LogP contribution >= 0.6 is 15.9 Å². The van der Waals surface area contributed by atoms with Gasteiger partial charge in [-0.2, -0.15) is 0 Å². The minimum Gasteiger partial charge on any atom is -0.211 e. The van der Waals surface area contributed by atoms with Gasteiger partial charge in [-0.15, -0.1) is 12.3 Å². The second-order valence-electron chi connectivity index (χ2n) is 3.63. The van der Waals surface area contributed by atoms with E-state index < -0.39 is 15.8 Å². The van der Waals surface area contributed by atoms with Gasteiger partial charge in [-0.3, -0.25) is 0 Å². The van der Waals surface area contributed by atoms with Gasteiger partial charge in [0.1, 0.15) is 10.7 Å². The smallest absolute Gasteiger partial charge is 0.211 e. The van der Waals surface area contributed by atoms with E-state index in [1.165, 1.54) is 12.1 Å². The highest BCUT2D eigenvalue weighted by Gasteiger charge is 2.18. The molecular formula is C12H13BrFNO2S. The molecule has 1 rings (SSSR count). The molecule has 0 aliphatic heterocycles. The van der Waals surface area contributed by atoms with Gasteiger partial charge in [0, 0.05) is 17.4 Å². The lowest BCUT2D eigenvalue weighted by molar-refractivity contribution is 0.554. The Hall–Kier alpha value is -0.900. The molecule has 0 fully saturated rings. The van der Waals surface area contributed by atoms with Crippen LogP contribution in [-0.2, 0) is 10.0 Å². The second kappa shape index (κ2) is 6.88. The van der Waals surface area contributed by atoms with Crippen LogP contribution < -0.4 is 4.72 Å². The normalized spacial score (nSPS) is 11.2. The van der Waals surface area contributed by atoms with Gasteiger partial charge >= 0.3 is 0 Å². The fraction of sp³-hybridized carbons (Fsp3) is 0.333. The average molecular weight is 334 g/mol. The van der Waals surface area contributed by atoms with E-state index >= 15 is 0 Å². The quantitative estimate of drug-likeness (QED) is 0.642. The third-order valence-corrected chi connectivity index (χ3v) is 4.21. The summed E-state index contributed by atoms with van der Waals surface area (Å²) in [6.07, 6.45) is 7.05. The molecule has 0 aliphatic carbocycles. The minimum atomic E-state index is -3.79. The zero-order valence-electron chi connectivity index (χ0n) is 9.62. The Bertz CT molecular complexity index is 552. The number of unbranched alkanes of at least 4 members (excludes halogenated alkanes) is 2. The van der Waals surface area contributed by atoms with E-state index in [-0.39, 0.29) is 11.4 Å². The minimum absolute atomic E-state index is 0.250. The van der Waals surface area contributed by atoms with Crippen LogP contribution in [0.3, 0.4) is 0 Å². The molecule has 1 aromatic carbocycles. The van der Waals surface area contributed by atoms with Crippen molar-refractivity contribution in [2.75, 3.05) is 6.54 Å². The molecule has 1 N–H and O–H groups in total. The first kappa shape index (κ1) is 15.2. The lowest BCUT2D eigenvalue weighted by Gasteiger charge is -2.07. The monoisotopic (exact) mass is 333 g/mol. The van der Waals surface area contributed by atoms with Crippen molar-refractivity contribution in [3.05, 3.63) is 28.5 Å². The van der Waals surface area contributed by atoms with Crippen molar-refractivity contribution in [1.29, 1.82) is 0 Å². The molecule has 18 heavy (non-hydrogen) atoms. The van der Waals surface area contributed by atoms with Gasteiger partial charge in [0.2, 0.25) is 10.0 Å². The first-order valence-corrected chi connectivity index (χ1v) is 7.63. The highest BCUT2D eigenvalue weighted by Crippen LogP contribution is 2.19. The van der Waals surface area contributed by atoms with E-state index in [1.807, 2.05) is 0 Å². The Morgan fingerprint density at radius 1 is 1.39 bits per heavy atom. The Kier molecular flexibility index (Phi) is 5.79. The molecule has 0 bridgehead atoms. The van der Waals surface area contributed by atoms with Gasteiger partial charge in [-0.05, 0) is 31.0 Å². The number of benzene rings is 1. The van der Waals surface area contributed by atoms with Gasteiger partial charge in [-0.1, -0.05) is 15.9 Å². The van der Waals surface area contributed by atoms with Crippen LogP contribution in [0.15, 0.2) is 27.6 Å². The molecule has 0 saturated carbocycles. The van der Waals surface area contributed by atoms with Crippen molar-refractivity contribution in [2.24, 2.45) is 0 Å². The molecule has 98 valence electrons. The Balaban J connectivity index is 2.66. The number of hydrogen-bond acceptors (Lipinski definition) is 2. The molecule has 6 heteroatoms. The van der Waals surface area contributed by atoms with Crippen LogP contribution in [0, 0.1) is 18.2 Å². The third-order valence-electron chi connectivity index (χ3n) is 2.22. The highest BCUT2D eigenvalue weighted by atomic mass is 79.9. The summed E-state index contributed by atoms with van der Waals surface area (Å²) in [5.41, 5.74) is 0. The van der Waals surface area contributed by atoms with Crippen LogP contribution in [0.4, 0.5) is 4.39 Å². The molecule has 0 saturated heterocycles. The number of sulfonamides is 1. The fourth-order valence-corrected chi connectivity index (χ4v) is 2.79. The molecular weight excluding hydrogens is 321 g/mol. The summed E-state index contributed by atoms with van der Waals surface area (Å²) in [5, 5.41) is 0. The molecule has 1 aromatic rings. The topological polar surface area (TPSA) is 46.2 Å². The summed E-state index contributed by atoms with van der Waals surface area (Å²) < 4.78 is 39.9. The predicted molar refractivity (Wildman–Crippen MR) is 72.0 cm³/mol. The molecule has 0 amide bonds. The summed E-state index contributed by atoms with van der Waals surface area (Å²) in [6, 6.07) is 3.83. The zero-order chi connectivity index (χ0) is 13.6. The molecule has 0 atom stereocenters. The van der Waals surface area contributed by atoms with E-state index in [0.717, 1.165) is 12.5 Å². The predicted octanol–water partition coefficient (Wildman–Crippen LogP) is 2.67. The molecule has 0 aromatic heterocycles. The van der Waals surface area contributed by atoms with Crippen LogP contribution in [-0.4, -0.2) is 15.0 Å². The summed E-state index contributed by atoms with van der Waals surface area (Å²) >= 11 is 3.07. The average Bonchev–Trinajstić information content (AvgIpc) is 2.28. The van der Waals surface area contributed by atoms with Crippen LogP contribution in [0.1, 0.15) is 19.3 Å². The van der Waals surface area contributed by atoms with Gasteiger partial charge in [0.15, 0.2) is 0 Å². The first-order valence-electron chi connectivity index (χ1n) is 5.35. The Morgan fingerprint density at radius 2 is 2.11 bits per heavy atom. The number of halogens is 2. The van der Waals surface area contributed by atoms with Crippen LogP contribution in [0.2, 0.25) is 0 Å². The molecule has 0 unspecified atom stereocenters. The second-order valence-corrected chi connectivity index (χ2v) is 6.28. The van der Waals surface area contributed by atoms with E-state index in [9.17, 15) is 12.8 Å². The van der Waals surface area contributed by atoms with Crippen LogP contribution in [0.5, 0.6) is 0 Å². The highest BCUT2D eigenvalue weighted by molar-refractivity contribution is 9.10. The number of terminal acetylenes is 1. The van der Waals surface area contributed by atoms with Gasteiger partial charge in [0.05, 0.1) is 0 Å². The Labute approximate surface area is 115 Å². The SMILES string of the molecule is C#CCCCCNS(=O)(=O)c1ccc(Br)cc1F. The van der Waals surface area contributed by atoms with E-state index in [0.29, 0.717) is 17.3 Å².